The molecule has 2 N–H and O–H groups in total. The Morgan fingerprint density at radius 2 is 2.14 bits per heavy atom. The second-order valence-electron chi connectivity index (χ2n) is 10.6. The van der Waals surface area contributed by atoms with Gasteiger partial charge in [-0.1, -0.05) is 19.1 Å². The van der Waals surface area contributed by atoms with Crippen molar-refractivity contribution >= 4 is 17.7 Å². The van der Waals surface area contributed by atoms with Gasteiger partial charge in [-0.2, -0.15) is 0 Å². The molecule has 3 atom stereocenters. The summed E-state index contributed by atoms with van der Waals surface area (Å²) in [6, 6.07) is 7.29. The highest BCUT2D eigenvalue weighted by Gasteiger charge is 2.46. The smallest absolute Gasteiger partial charge is 0.376 e. The summed E-state index contributed by atoms with van der Waals surface area (Å²) < 4.78 is 10.6. The van der Waals surface area contributed by atoms with E-state index in [0.717, 1.165) is 58.5 Å². The number of piperidine rings is 2. The number of nitrogens with zero attached hydrogens (tertiary/aromatic N) is 3. The van der Waals surface area contributed by atoms with E-state index in [-0.39, 0.29) is 23.2 Å². The zero-order valence-corrected chi connectivity index (χ0v) is 21.1. The minimum Gasteiger partial charge on any atom is -0.460 e. The third-order valence-corrected chi connectivity index (χ3v) is 8.42. The lowest BCUT2D eigenvalue weighted by Gasteiger charge is -2.46. The number of oxazole rings is 1. The van der Waals surface area contributed by atoms with Crippen molar-refractivity contribution in [3.63, 3.8) is 0 Å². The summed E-state index contributed by atoms with van der Waals surface area (Å²) in [4.78, 5) is 20.6. The molecule has 8 heteroatoms. The Morgan fingerprint density at radius 1 is 1.34 bits per heavy atom. The standard InChI is InChI=1S/C27H38N4O4/c1-4-34-25(33)24-14-28-26(35-24)31-10-7-20(8-11-31)23(32)16-30-12-9-27(19(3)15-30)17-29-22-13-18(2)5-6-21(22)27/h5-6,13-14,19-20,23,29,32H,4,7-12,15-17H2,1-3H3. The molecule has 0 bridgehead atoms. The molecule has 2 fully saturated rings. The lowest BCUT2D eigenvalue weighted by Crippen LogP contribution is -2.52. The number of aryl methyl sites for hydroxylation is 1. The molecule has 2 saturated heterocycles. The van der Waals surface area contributed by atoms with Gasteiger partial charge >= 0.3 is 5.97 Å². The van der Waals surface area contributed by atoms with Gasteiger partial charge in [0.05, 0.1) is 18.9 Å². The third kappa shape index (κ3) is 4.66. The number of anilines is 2. The van der Waals surface area contributed by atoms with Gasteiger partial charge in [0, 0.05) is 43.8 Å². The lowest BCUT2D eigenvalue weighted by atomic mass is 9.67. The number of fused-ring (bicyclic) bond motifs is 2. The average molecular weight is 483 g/mol. The third-order valence-electron chi connectivity index (χ3n) is 8.42. The van der Waals surface area contributed by atoms with Gasteiger partial charge in [-0.15, -0.1) is 0 Å². The highest BCUT2D eigenvalue weighted by molar-refractivity contribution is 5.86. The maximum atomic E-state index is 11.8. The van der Waals surface area contributed by atoms with Crippen molar-refractivity contribution in [3.05, 3.63) is 41.3 Å². The van der Waals surface area contributed by atoms with Gasteiger partial charge in [0.15, 0.2) is 0 Å². The SMILES string of the molecule is CCOC(=O)c1cnc(N2CCC(C(O)CN3CCC4(CNc5cc(C)ccc54)C(C)C3)CC2)o1. The molecule has 1 spiro atoms. The molecule has 4 heterocycles. The van der Waals surface area contributed by atoms with Crippen LogP contribution >= 0.6 is 0 Å². The summed E-state index contributed by atoms with van der Waals surface area (Å²) >= 11 is 0. The number of nitrogens with one attached hydrogen (secondary N) is 1. The molecule has 5 rings (SSSR count). The van der Waals surface area contributed by atoms with Crippen LogP contribution in [0.3, 0.4) is 0 Å². The van der Waals surface area contributed by atoms with Crippen molar-refractivity contribution in [2.24, 2.45) is 11.8 Å². The second kappa shape index (κ2) is 9.82. The number of esters is 1. The predicted molar refractivity (Wildman–Crippen MR) is 135 cm³/mol. The van der Waals surface area contributed by atoms with Crippen LogP contribution in [0.2, 0.25) is 0 Å². The molecular weight excluding hydrogens is 444 g/mol. The van der Waals surface area contributed by atoms with Crippen molar-refractivity contribution in [2.75, 3.05) is 56.1 Å². The fraction of sp³-hybridized carbons (Fsp3) is 0.630. The van der Waals surface area contributed by atoms with E-state index in [4.69, 9.17) is 9.15 Å². The minimum absolute atomic E-state index is 0.135. The Balaban J connectivity index is 1.13. The maximum absolute atomic E-state index is 11.8. The number of likely N-dealkylation sites (tertiary alicyclic amines) is 1. The topological polar surface area (TPSA) is 91.1 Å². The predicted octanol–water partition coefficient (Wildman–Crippen LogP) is 3.44. The van der Waals surface area contributed by atoms with Gasteiger partial charge in [-0.3, -0.25) is 0 Å². The van der Waals surface area contributed by atoms with Crippen LogP contribution in [0.5, 0.6) is 0 Å². The number of aliphatic hydroxyl groups is 1. The Bertz CT molecular complexity index is 1050. The number of benzene rings is 1. The van der Waals surface area contributed by atoms with Crippen LogP contribution in [0.25, 0.3) is 0 Å². The summed E-state index contributed by atoms with van der Waals surface area (Å²) in [5, 5.41) is 14.7. The molecule has 0 radical (unpaired) electrons. The first-order chi connectivity index (χ1) is 16.9. The molecule has 3 unspecified atom stereocenters. The van der Waals surface area contributed by atoms with Crippen LogP contribution in [-0.2, 0) is 10.2 Å². The summed E-state index contributed by atoms with van der Waals surface area (Å²) in [5.41, 5.74) is 4.28. The number of aliphatic hydroxyl groups excluding tert-OH is 1. The lowest BCUT2D eigenvalue weighted by molar-refractivity contribution is 0.0242. The Morgan fingerprint density at radius 3 is 2.89 bits per heavy atom. The number of ether oxygens (including phenoxy) is 1. The highest BCUT2D eigenvalue weighted by atomic mass is 16.5. The fourth-order valence-corrected chi connectivity index (χ4v) is 6.27. The Kier molecular flexibility index (Phi) is 6.77. The first kappa shape index (κ1) is 24.1. The first-order valence-corrected chi connectivity index (χ1v) is 13.0. The van der Waals surface area contributed by atoms with E-state index in [9.17, 15) is 9.90 Å². The fourth-order valence-electron chi connectivity index (χ4n) is 6.27. The number of hydrogen-bond acceptors (Lipinski definition) is 8. The van der Waals surface area contributed by atoms with Crippen molar-refractivity contribution in [1.82, 2.24) is 9.88 Å². The largest absolute Gasteiger partial charge is 0.460 e. The van der Waals surface area contributed by atoms with Crippen LogP contribution in [0, 0.1) is 18.8 Å². The van der Waals surface area contributed by atoms with E-state index in [1.54, 1.807) is 6.92 Å². The van der Waals surface area contributed by atoms with Crippen molar-refractivity contribution in [2.45, 2.75) is 51.6 Å². The molecule has 0 saturated carbocycles. The van der Waals surface area contributed by atoms with E-state index < -0.39 is 5.97 Å². The molecular formula is C27H38N4O4. The number of carbonyl (C=O) groups is 1. The molecule has 0 aliphatic carbocycles. The number of aromatic nitrogens is 1. The van der Waals surface area contributed by atoms with E-state index in [2.05, 4.69) is 47.2 Å². The zero-order valence-electron chi connectivity index (χ0n) is 21.1. The normalized spacial score (nSPS) is 25.9. The van der Waals surface area contributed by atoms with Gasteiger partial charge in [0.1, 0.15) is 0 Å². The molecule has 1 aromatic heterocycles. The van der Waals surface area contributed by atoms with Crippen LogP contribution in [0.15, 0.2) is 28.8 Å². The average Bonchev–Trinajstić information content (AvgIpc) is 3.48. The van der Waals surface area contributed by atoms with E-state index >= 15 is 0 Å². The summed E-state index contributed by atoms with van der Waals surface area (Å²) in [6.45, 7) is 11.9. The number of rotatable bonds is 6. The summed E-state index contributed by atoms with van der Waals surface area (Å²) in [5.74, 6) is 0.437. The Hall–Kier alpha value is -2.58. The van der Waals surface area contributed by atoms with Crippen molar-refractivity contribution in [1.29, 1.82) is 0 Å². The van der Waals surface area contributed by atoms with Crippen molar-refractivity contribution in [3.8, 4) is 0 Å². The van der Waals surface area contributed by atoms with E-state index in [0.29, 0.717) is 18.5 Å². The van der Waals surface area contributed by atoms with Gasteiger partial charge in [-0.05, 0) is 68.7 Å². The molecule has 3 aliphatic rings. The van der Waals surface area contributed by atoms with E-state index in [1.165, 1.54) is 23.0 Å². The van der Waals surface area contributed by atoms with Gasteiger partial charge in [0.25, 0.3) is 6.01 Å². The van der Waals surface area contributed by atoms with Crippen molar-refractivity contribution < 1.29 is 19.1 Å². The first-order valence-electron chi connectivity index (χ1n) is 13.0. The van der Waals surface area contributed by atoms with Gasteiger partial charge in [0.2, 0.25) is 5.76 Å². The summed E-state index contributed by atoms with van der Waals surface area (Å²) in [7, 11) is 0. The molecule has 0 amide bonds. The number of hydrogen-bond donors (Lipinski definition) is 2. The quantitative estimate of drug-likeness (QED) is 0.605. The molecule has 3 aliphatic heterocycles. The monoisotopic (exact) mass is 482 g/mol. The second-order valence-corrected chi connectivity index (χ2v) is 10.6. The van der Waals surface area contributed by atoms with Crippen LogP contribution in [-0.4, -0.2) is 72.9 Å². The van der Waals surface area contributed by atoms with Crippen LogP contribution in [0.4, 0.5) is 11.7 Å². The van der Waals surface area contributed by atoms with Gasteiger partial charge < -0.3 is 29.4 Å². The zero-order chi connectivity index (χ0) is 24.6. The Labute approximate surface area is 207 Å². The molecule has 8 nitrogen and oxygen atoms in total. The number of carbonyl (C=O) groups excluding carboxylic acids is 1. The molecule has 35 heavy (non-hydrogen) atoms. The summed E-state index contributed by atoms with van der Waals surface area (Å²) in [6.07, 6.45) is 3.97. The van der Waals surface area contributed by atoms with Crippen LogP contribution < -0.4 is 10.2 Å². The molecule has 2 aromatic rings. The highest BCUT2D eigenvalue weighted by Crippen LogP contribution is 2.47. The van der Waals surface area contributed by atoms with Gasteiger partial charge in [-0.25, -0.2) is 9.78 Å². The van der Waals surface area contributed by atoms with Crippen LogP contribution in [0.1, 0.15) is 54.8 Å². The van der Waals surface area contributed by atoms with E-state index in [1.807, 2.05) is 4.90 Å². The maximum Gasteiger partial charge on any atom is 0.376 e. The minimum atomic E-state index is -0.485. The molecule has 1 aromatic carbocycles. The molecule has 190 valence electrons. The number of β-amino-alcohol motifs (C(OH)–C–C–N with tert-alkyl or cyclic N) is 1.